The van der Waals surface area contributed by atoms with Crippen LogP contribution in [0.4, 0.5) is 0 Å². The molecule has 4 atom stereocenters. The lowest BCUT2D eigenvalue weighted by molar-refractivity contribution is -0.133. The lowest BCUT2D eigenvalue weighted by atomic mass is 10.0. The van der Waals surface area contributed by atoms with Gasteiger partial charge < -0.3 is 48.7 Å². The van der Waals surface area contributed by atoms with Gasteiger partial charge in [-0.1, -0.05) is 13.8 Å². The van der Waals surface area contributed by atoms with Crippen LogP contribution >= 0.6 is 0 Å². The van der Waals surface area contributed by atoms with Gasteiger partial charge in [0, 0.05) is 31.3 Å². The second kappa shape index (κ2) is 16.7. The largest absolute Gasteiger partial charge is 0.370 e. The molecule has 0 saturated carbocycles. The number of rotatable bonds is 18. The minimum Gasteiger partial charge on any atom is -0.370 e. The quantitative estimate of drug-likeness (QED) is 0.0419. The summed E-state index contributed by atoms with van der Waals surface area (Å²) in [5, 5.41) is 7.88. The number of hydrogen-bond donors (Lipinski definition) is 8. The maximum atomic E-state index is 13.2. The number of aliphatic imine (C=N–C) groups is 1. The molecular weight excluding hydrogens is 496 g/mol. The van der Waals surface area contributed by atoms with Crippen LogP contribution in [0.15, 0.2) is 17.5 Å². The van der Waals surface area contributed by atoms with Crippen molar-refractivity contribution in [2.45, 2.75) is 76.5 Å². The van der Waals surface area contributed by atoms with Gasteiger partial charge in [0.25, 0.3) is 0 Å². The van der Waals surface area contributed by atoms with Gasteiger partial charge in [-0.2, -0.15) is 0 Å². The number of aromatic nitrogens is 2. The average molecular weight is 537 g/mol. The van der Waals surface area contributed by atoms with Crippen LogP contribution in [-0.2, 0) is 30.4 Å². The summed E-state index contributed by atoms with van der Waals surface area (Å²) in [6, 6.07) is -3.95. The number of nitrogens with two attached hydrogens (primary N) is 4. The first-order valence-electron chi connectivity index (χ1n) is 12.4. The molecule has 1 aromatic heterocycles. The molecule has 0 aliphatic rings. The molecule has 1 rings (SSSR count). The van der Waals surface area contributed by atoms with Gasteiger partial charge in [-0.15, -0.1) is 0 Å². The number of guanidine groups is 1. The van der Waals surface area contributed by atoms with E-state index in [1.54, 1.807) is 0 Å². The first-order chi connectivity index (χ1) is 17.9. The van der Waals surface area contributed by atoms with E-state index in [0.717, 1.165) is 0 Å². The molecule has 15 heteroatoms. The molecule has 1 aromatic rings. The molecule has 0 spiro atoms. The van der Waals surface area contributed by atoms with Crippen molar-refractivity contribution >= 4 is 35.9 Å². The molecular formula is C23H40N10O5. The maximum absolute atomic E-state index is 13.2. The predicted molar refractivity (Wildman–Crippen MR) is 140 cm³/mol. The Labute approximate surface area is 221 Å². The molecule has 0 saturated heterocycles. The smallest absolute Gasteiger partial charge is 0.243 e. The number of primary amides is 1. The molecule has 0 fully saturated rings. The Balaban J connectivity index is 2.97. The van der Waals surface area contributed by atoms with Crippen molar-refractivity contribution in [3.05, 3.63) is 18.2 Å². The average Bonchev–Trinajstić information content (AvgIpc) is 3.35. The normalized spacial score (nSPS) is 14.0. The van der Waals surface area contributed by atoms with E-state index in [4.69, 9.17) is 22.9 Å². The Kier molecular flexibility index (Phi) is 14.1. The number of imidazole rings is 1. The number of nitrogens with one attached hydrogen (secondary N) is 4. The number of carbonyl (C=O) groups is 5. The lowest BCUT2D eigenvalue weighted by Crippen LogP contribution is -2.57. The third-order valence-corrected chi connectivity index (χ3v) is 5.44. The molecule has 0 radical (unpaired) electrons. The Hall–Kier alpha value is -4.01. The van der Waals surface area contributed by atoms with E-state index < -0.39 is 47.8 Å². The fraction of sp³-hybridized carbons (Fsp3) is 0.609. The summed E-state index contributed by atoms with van der Waals surface area (Å²) in [6.45, 7) is 3.94. The molecule has 0 bridgehead atoms. The highest BCUT2D eigenvalue weighted by Gasteiger charge is 2.29. The van der Waals surface area contributed by atoms with Gasteiger partial charge in [0.15, 0.2) is 5.96 Å². The van der Waals surface area contributed by atoms with Crippen molar-refractivity contribution in [3.63, 3.8) is 0 Å². The SMILES string of the molecule is CC(C)C[C@H](NC(=O)[C@@H](N)CCC(N)=O)C(=O)N[C@@H](CCCN=C(N)N)C(=O)N[C@H](C=O)Cc1cnc[nH]1. The monoisotopic (exact) mass is 536 g/mol. The molecule has 0 aliphatic carbocycles. The fourth-order valence-corrected chi connectivity index (χ4v) is 3.50. The molecule has 1 heterocycles. The van der Waals surface area contributed by atoms with Crippen molar-refractivity contribution in [2.75, 3.05) is 6.54 Å². The summed E-state index contributed by atoms with van der Waals surface area (Å²) >= 11 is 0. The first kappa shape index (κ1) is 32.0. The van der Waals surface area contributed by atoms with E-state index in [2.05, 4.69) is 30.9 Å². The minimum absolute atomic E-state index is 0.0101. The predicted octanol–water partition coefficient (Wildman–Crippen LogP) is -2.70. The summed E-state index contributed by atoms with van der Waals surface area (Å²) in [4.78, 5) is 72.0. The zero-order valence-electron chi connectivity index (χ0n) is 21.8. The Morgan fingerprint density at radius 3 is 2.24 bits per heavy atom. The summed E-state index contributed by atoms with van der Waals surface area (Å²) in [7, 11) is 0. The summed E-state index contributed by atoms with van der Waals surface area (Å²) in [5.74, 6) is -2.51. The van der Waals surface area contributed by atoms with Crippen LogP contribution < -0.4 is 38.9 Å². The number of amides is 4. The first-order valence-corrected chi connectivity index (χ1v) is 12.4. The minimum atomic E-state index is -1.05. The second-order valence-corrected chi connectivity index (χ2v) is 9.34. The van der Waals surface area contributed by atoms with E-state index in [-0.39, 0.29) is 50.5 Å². The van der Waals surface area contributed by atoms with Crippen molar-refractivity contribution in [2.24, 2.45) is 33.8 Å². The van der Waals surface area contributed by atoms with Crippen LogP contribution in [0.2, 0.25) is 0 Å². The Bertz CT molecular complexity index is 946. The van der Waals surface area contributed by atoms with Crippen molar-refractivity contribution in [1.82, 2.24) is 25.9 Å². The number of aromatic amines is 1. The van der Waals surface area contributed by atoms with Gasteiger partial charge in [-0.05, 0) is 31.6 Å². The van der Waals surface area contributed by atoms with Crippen LogP contribution in [0.1, 0.15) is 51.6 Å². The molecule has 38 heavy (non-hydrogen) atoms. The van der Waals surface area contributed by atoms with Crippen molar-refractivity contribution < 1.29 is 24.0 Å². The topological polar surface area (TPSA) is 267 Å². The van der Waals surface area contributed by atoms with Gasteiger partial charge in [-0.25, -0.2) is 4.98 Å². The third kappa shape index (κ3) is 12.8. The Morgan fingerprint density at radius 1 is 1.03 bits per heavy atom. The van der Waals surface area contributed by atoms with E-state index in [9.17, 15) is 24.0 Å². The van der Waals surface area contributed by atoms with E-state index >= 15 is 0 Å². The van der Waals surface area contributed by atoms with Crippen LogP contribution in [0.25, 0.3) is 0 Å². The molecule has 0 unspecified atom stereocenters. The van der Waals surface area contributed by atoms with E-state index in [0.29, 0.717) is 18.4 Å². The van der Waals surface area contributed by atoms with Gasteiger partial charge in [0.05, 0.1) is 18.4 Å². The fourth-order valence-electron chi connectivity index (χ4n) is 3.50. The summed E-state index contributed by atoms with van der Waals surface area (Å²) < 4.78 is 0. The van der Waals surface area contributed by atoms with Crippen molar-refractivity contribution in [3.8, 4) is 0 Å². The zero-order valence-corrected chi connectivity index (χ0v) is 21.8. The molecule has 212 valence electrons. The molecule has 12 N–H and O–H groups in total. The third-order valence-electron chi connectivity index (χ3n) is 5.44. The summed E-state index contributed by atoms with van der Waals surface area (Å²) in [6.07, 6.45) is 4.47. The van der Waals surface area contributed by atoms with Gasteiger partial charge in [-0.3, -0.25) is 24.2 Å². The number of aldehydes is 1. The van der Waals surface area contributed by atoms with Crippen LogP contribution in [-0.4, -0.2) is 76.6 Å². The highest BCUT2D eigenvalue weighted by atomic mass is 16.2. The molecule has 15 nitrogen and oxygen atoms in total. The molecule has 0 aliphatic heterocycles. The Morgan fingerprint density at radius 2 is 1.68 bits per heavy atom. The summed E-state index contributed by atoms with van der Waals surface area (Å²) in [5.41, 5.74) is 22.3. The lowest BCUT2D eigenvalue weighted by Gasteiger charge is -2.26. The molecule has 0 aromatic carbocycles. The highest BCUT2D eigenvalue weighted by molar-refractivity contribution is 5.93. The van der Waals surface area contributed by atoms with Crippen LogP contribution in [0.3, 0.4) is 0 Å². The highest BCUT2D eigenvalue weighted by Crippen LogP contribution is 2.08. The molecule has 4 amide bonds. The number of hydrogen-bond acceptors (Lipinski definition) is 8. The maximum Gasteiger partial charge on any atom is 0.243 e. The van der Waals surface area contributed by atoms with Crippen LogP contribution in [0.5, 0.6) is 0 Å². The second-order valence-electron chi connectivity index (χ2n) is 9.34. The standard InChI is InChI=1S/C23H40N10O5/c1-13(2)8-18(33-20(36)16(24)5-6-19(25)35)22(38)32-17(4-3-7-29-23(26)27)21(37)31-15(11-34)9-14-10-28-12-30-14/h10-13,15-18H,3-9,24H2,1-2H3,(H2,25,35)(H,28,30)(H,31,37)(H,32,38)(H,33,36)(H4,26,27,29)/t15-,16-,17-,18-/m0/s1. The van der Waals surface area contributed by atoms with Crippen molar-refractivity contribution in [1.29, 1.82) is 0 Å². The van der Waals surface area contributed by atoms with Gasteiger partial charge >= 0.3 is 0 Å². The zero-order chi connectivity index (χ0) is 28.7. The number of carbonyl (C=O) groups excluding carboxylic acids is 5. The van der Waals surface area contributed by atoms with Crippen LogP contribution in [0, 0.1) is 5.92 Å². The van der Waals surface area contributed by atoms with E-state index in [1.807, 2.05) is 13.8 Å². The van der Waals surface area contributed by atoms with Gasteiger partial charge in [0.1, 0.15) is 18.4 Å². The number of H-pyrrole nitrogens is 1. The number of nitrogens with zero attached hydrogens (tertiary/aromatic N) is 2. The van der Waals surface area contributed by atoms with Gasteiger partial charge in [0.2, 0.25) is 23.6 Å². The van der Waals surface area contributed by atoms with E-state index in [1.165, 1.54) is 12.5 Å².